The van der Waals surface area contributed by atoms with Gasteiger partial charge < -0.3 is 15.5 Å². The van der Waals surface area contributed by atoms with Crippen LogP contribution in [-0.2, 0) is 4.79 Å². The Kier molecular flexibility index (Phi) is 6.70. The summed E-state index contributed by atoms with van der Waals surface area (Å²) in [4.78, 5) is 10.9. The van der Waals surface area contributed by atoms with Gasteiger partial charge in [0.2, 0.25) is 5.91 Å². The van der Waals surface area contributed by atoms with Crippen LogP contribution in [0.15, 0.2) is 0 Å². The van der Waals surface area contributed by atoms with Crippen LogP contribution >= 0.6 is 0 Å². The lowest BCUT2D eigenvalue weighted by molar-refractivity contribution is -0.121. The van der Waals surface area contributed by atoms with Crippen LogP contribution in [0.4, 0.5) is 0 Å². The van der Waals surface area contributed by atoms with Gasteiger partial charge in [-0.15, -0.1) is 0 Å². The third kappa shape index (κ3) is 5.09. The van der Waals surface area contributed by atoms with Crippen molar-refractivity contribution in [2.75, 3.05) is 19.8 Å². The molecule has 0 aromatic heterocycles. The van der Waals surface area contributed by atoms with Crippen LogP contribution < -0.4 is 5.32 Å². The molecule has 0 heterocycles. The van der Waals surface area contributed by atoms with Gasteiger partial charge in [0.15, 0.2) is 0 Å². The van der Waals surface area contributed by atoms with Crippen LogP contribution in [0.2, 0.25) is 0 Å². The molecular weight excluding hydrogens is 158 g/mol. The number of hydrogen-bond donors (Lipinski definition) is 3. The predicted octanol–water partition coefficient (Wildman–Crippen LogP) is -0.497. The molecule has 3 N–H and O–H groups in total. The Morgan fingerprint density at radius 2 is 2.00 bits per heavy atom. The molecule has 0 aliphatic rings. The fourth-order valence-electron chi connectivity index (χ4n) is 0.760. The van der Waals surface area contributed by atoms with Crippen molar-refractivity contribution in [2.24, 2.45) is 5.92 Å². The second-order valence-corrected chi connectivity index (χ2v) is 2.79. The molecule has 0 fully saturated rings. The van der Waals surface area contributed by atoms with Crippen LogP contribution in [0.1, 0.15) is 19.8 Å². The van der Waals surface area contributed by atoms with E-state index in [4.69, 9.17) is 10.2 Å². The normalized spacial score (nSPS) is 10.3. The van der Waals surface area contributed by atoms with Crippen molar-refractivity contribution < 1.29 is 15.0 Å². The summed E-state index contributed by atoms with van der Waals surface area (Å²) in [6, 6.07) is 0. The lowest BCUT2D eigenvalue weighted by atomic mass is 10.2. The summed E-state index contributed by atoms with van der Waals surface area (Å²) in [5.41, 5.74) is 0. The number of carbonyl (C=O) groups excluding carboxylic acids is 1. The lowest BCUT2D eigenvalue weighted by Crippen LogP contribution is -2.32. The Balaban J connectivity index is 3.44. The van der Waals surface area contributed by atoms with Gasteiger partial charge in [-0.3, -0.25) is 4.79 Å². The summed E-state index contributed by atoms with van der Waals surface area (Å²) >= 11 is 0. The monoisotopic (exact) mass is 175 g/mol. The minimum absolute atomic E-state index is 0.0237. The summed E-state index contributed by atoms with van der Waals surface area (Å²) in [5.74, 6) is -0.254. The van der Waals surface area contributed by atoms with Crippen LogP contribution in [0.5, 0.6) is 0 Å². The smallest absolute Gasteiger partial charge is 0.219 e. The number of hydrogen-bond acceptors (Lipinski definition) is 3. The van der Waals surface area contributed by atoms with Gasteiger partial charge in [0.05, 0.1) is 0 Å². The number of aliphatic hydroxyl groups excluding tert-OH is 2. The highest BCUT2D eigenvalue weighted by Gasteiger charge is 2.06. The SMILES string of the molecule is CCCC(=O)NCC(CO)CO. The van der Waals surface area contributed by atoms with Crippen molar-refractivity contribution in [1.82, 2.24) is 5.32 Å². The predicted molar refractivity (Wildman–Crippen MR) is 45.6 cm³/mol. The Labute approximate surface area is 72.6 Å². The summed E-state index contributed by atoms with van der Waals surface area (Å²) in [5, 5.41) is 19.9. The quantitative estimate of drug-likeness (QED) is 0.510. The molecule has 72 valence electrons. The molecule has 0 spiro atoms. The van der Waals surface area contributed by atoms with Crippen LogP contribution in [-0.4, -0.2) is 35.9 Å². The Morgan fingerprint density at radius 3 is 2.42 bits per heavy atom. The second-order valence-electron chi connectivity index (χ2n) is 2.79. The van der Waals surface area contributed by atoms with E-state index in [-0.39, 0.29) is 25.0 Å². The van der Waals surface area contributed by atoms with Gasteiger partial charge in [-0.25, -0.2) is 0 Å². The molecule has 4 nitrogen and oxygen atoms in total. The first-order valence-corrected chi connectivity index (χ1v) is 4.23. The van der Waals surface area contributed by atoms with Crippen molar-refractivity contribution in [1.29, 1.82) is 0 Å². The second kappa shape index (κ2) is 7.06. The molecule has 0 aromatic rings. The highest BCUT2D eigenvalue weighted by Crippen LogP contribution is 1.91. The molecule has 0 aromatic carbocycles. The van der Waals surface area contributed by atoms with Gasteiger partial charge in [-0.1, -0.05) is 6.92 Å². The average molecular weight is 175 g/mol. The minimum Gasteiger partial charge on any atom is -0.396 e. The first-order chi connectivity index (χ1) is 5.74. The molecular formula is C8H17NO3. The minimum atomic E-state index is -0.231. The van der Waals surface area contributed by atoms with E-state index in [0.717, 1.165) is 6.42 Å². The number of carbonyl (C=O) groups is 1. The van der Waals surface area contributed by atoms with Gasteiger partial charge >= 0.3 is 0 Å². The zero-order valence-corrected chi connectivity index (χ0v) is 7.42. The van der Waals surface area contributed by atoms with Crippen LogP contribution in [0.25, 0.3) is 0 Å². The maximum atomic E-state index is 10.9. The fourth-order valence-corrected chi connectivity index (χ4v) is 0.760. The Hall–Kier alpha value is -0.610. The van der Waals surface area contributed by atoms with Crippen LogP contribution in [0, 0.1) is 5.92 Å². The highest BCUT2D eigenvalue weighted by molar-refractivity contribution is 5.75. The molecule has 0 saturated heterocycles. The van der Waals surface area contributed by atoms with Gasteiger partial charge in [-0.2, -0.15) is 0 Å². The number of amides is 1. The topological polar surface area (TPSA) is 69.6 Å². The molecule has 0 aliphatic heterocycles. The molecule has 1 amide bonds. The van der Waals surface area contributed by atoms with E-state index in [2.05, 4.69) is 5.32 Å². The van der Waals surface area contributed by atoms with E-state index in [1.807, 2.05) is 6.92 Å². The molecule has 0 saturated carbocycles. The van der Waals surface area contributed by atoms with Crippen LogP contribution in [0.3, 0.4) is 0 Å². The third-order valence-corrected chi connectivity index (χ3v) is 1.58. The van der Waals surface area contributed by atoms with Crippen molar-refractivity contribution in [3.8, 4) is 0 Å². The van der Waals surface area contributed by atoms with E-state index in [0.29, 0.717) is 13.0 Å². The lowest BCUT2D eigenvalue weighted by Gasteiger charge is -2.11. The number of rotatable bonds is 6. The van der Waals surface area contributed by atoms with Gasteiger partial charge in [0, 0.05) is 32.1 Å². The highest BCUT2D eigenvalue weighted by atomic mass is 16.3. The first-order valence-electron chi connectivity index (χ1n) is 4.23. The van der Waals surface area contributed by atoms with E-state index >= 15 is 0 Å². The van der Waals surface area contributed by atoms with Crippen molar-refractivity contribution in [3.63, 3.8) is 0 Å². The largest absolute Gasteiger partial charge is 0.396 e. The summed E-state index contributed by atoms with van der Waals surface area (Å²) < 4.78 is 0. The maximum Gasteiger partial charge on any atom is 0.219 e. The van der Waals surface area contributed by atoms with Crippen molar-refractivity contribution >= 4 is 5.91 Å². The average Bonchev–Trinajstić information content (AvgIpc) is 2.07. The number of aliphatic hydroxyl groups is 2. The first kappa shape index (κ1) is 11.4. The van der Waals surface area contributed by atoms with E-state index in [9.17, 15) is 4.79 Å². The van der Waals surface area contributed by atoms with E-state index in [1.54, 1.807) is 0 Å². The Morgan fingerprint density at radius 1 is 1.42 bits per heavy atom. The maximum absolute atomic E-state index is 10.9. The summed E-state index contributed by atoms with van der Waals surface area (Å²) in [6.07, 6.45) is 1.32. The fraction of sp³-hybridized carbons (Fsp3) is 0.875. The zero-order chi connectivity index (χ0) is 9.40. The standard InChI is InChI=1S/C8H17NO3/c1-2-3-8(12)9-4-7(5-10)6-11/h7,10-11H,2-6H2,1H3,(H,9,12). The molecule has 4 heteroatoms. The van der Waals surface area contributed by atoms with Gasteiger partial charge in [0.1, 0.15) is 0 Å². The van der Waals surface area contributed by atoms with Crippen molar-refractivity contribution in [3.05, 3.63) is 0 Å². The molecule has 0 rings (SSSR count). The van der Waals surface area contributed by atoms with E-state index in [1.165, 1.54) is 0 Å². The molecule has 0 bridgehead atoms. The van der Waals surface area contributed by atoms with Gasteiger partial charge in [0.25, 0.3) is 0 Å². The molecule has 12 heavy (non-hydrogen) atoms. The van der Waals surface area contributed by atoms with Crippen molar-refractivity contribution in [2.45, 2.75) is 19.8 Å². The molecule has 0 aliphatic carbocycles. The number of nitrogens with one attached hydrogen (secondary N) is 1. The van der Waals surface area contributed by atoms with E-state index < -0.39 is 0 Å². The van der Waals surface area contributed by atoms with Gasteiger partial charge in [-0.05, 0) is 6.42 Å². The Bertz CT molecular complexity index is 123. The molecule has 0 radical (unpaired) electrons. The molecule has 0 unspecified atom stereocenters. The third-order valence-electron chi connectivity index (χ3n) is 1.58. The molecule has 0 atom stereocenters. The summed E-state index contributed by atoms with van der Waals surface area (Å²) in [6.45, 7) is 2.09. The zero-order valence-electron chi connectivity index (χ0n) is 7.42. The summed E-state index contributed by atoms with van der Waals surface area (Å²) in [7, 11) is 0.